The fraction of sp³-hybridized carbons (Fsp3) is 0.471. The number of benzene rings is 1. The van der Waals surface area contributed by atoms with E-state index >= 15 is 0 Å². The van der Waals surface area contributed by atoms with E-state index in [1.807, 2.05) is 58.0 Å². The lowest BCUT2D eigenvalue weighted by Gasteiger charge is -2.18. The third kappa shape index (κ3) is 5.28. The van der Waals surface area contributed by atoms with Crippen LogP contribution in [-0.4, -0.2) is 27.4 Å². The summed E-state index contributed by atoms with van der Waals surface area (Å²) < 4.78 is 0. The molecule has 2 atom stereocenters. The standard InChI is InChI=1S/C17H24N4O2S/c1-11(10-13(22)12-8-6-5-7-9-12)18-15(23)19-16-21-20-14(24-16)17(2,3)4/h5-9,11,13,22H,10H2,1-4H3,(H2,18,19,21,23). The van der Waals surface area contributed by atoms with Crippen LogP contribution in [0.1, 0.15) is 50.8 Å². The van der Waals surface area contributed by atoms with Gasteiger partial charge in [-0.3, -0.25) is 5.32 Å². The second-order valence-electron chi connectivity index (χ2n) is 6.82. The number of carbonyl (C=O) groups excluding carboxylic acids is 1. The van der Waals surface area contributed by atoms with Crippen LogP contribution < -0.4 is 10.6 Å². The molecule has 7 heteroatoms. The first-order valence-electron chi connectivity index (χ1n) is 7.90. The van der Waals surface area contributed by atoms with E-state index in [0.717, 1.165) is 10.6 Å². The zero-order chi connectivity index (χ0) is 17.7. The van der Waals surface area contributed by atoms with Crippen molar-refractivity contribution in [3.05, 3.63) is 40.9 Å². The van der Waals surface area contributed by atoms with Crippen LogP contribution in [0.15, 0.2) is 30.3 Å². The van der Waals surface area contributed by atoms with E-state index in [2.05, 4.69) is 20.8 Å². The Morgan fingerprint density at radius 2 is 1.92 bits per heavy atom. The molecule has 0 spiro atoms. The number of aliphatic hydroxyl groups excluding tert-OH is 1. The molecule has 0 fully saturated rings. The molecular formula is C17H24N4O2S. The highest BCUT2D eigenvalue weighted by atomic mass is 32.1. The summed E-state index contributed by atoms with van der Waals surface area (Å²) in [5.74, 6) is 0. The molecule has 2 amide bonds. The summed E-state index contributed by atoms with van der Waals surface area (Å²) in [6, 6.07) is 8.87. The number of hydrogen-bond acceptors (Lipinski definition) is 5. The number of anilines is 1. The van der Waals surface area contributed by atoms with Crippen molar-refractivity contribution >= 4 is 22.5 Å². The van der Waals surface area contributed by atoms with Crippen LogP contribution in [0, 0.1) is 0 Å². The minimum absolute atomic E-state index is 0.0961. The van der Waals surface area contributed by atoms with E-state index in [0.29, 0.717) is 11.6 Å². The van der Waals surface area contributed by atoms with Gasteiger partial charge in [-0.25, -0.2) is 4.79 Å². The van der Waals surface area contributed by atoms with Crippen molar-refractivity contribution in [3.63, 3.8) is 0 Å². The van der Waals surface area contributed by atoms with Gasteiger partial charge in [0.25, 0.3) is 0 Å². The largest absolute Gasteiger partial charge is 0.388 e. The van der Waals surface area contributed by atoms with Crippen LogP contribution in [0.5, 0.6) is 0 Å². The van der Waals surface area contributed by atoms with Crippen LogP contribution in [-0.2, 0) is 5.41 Å². The average Bonchev–Trinajstić information content (AvgIpc) is 2.96. The molecule has 6 nitrogen and oxygen atoms in total. The molecule has 3 N–H and O–H groups in total. The predicted molar refractivity (Wildman–Crippen MR) is 96.2 cm³/mol. The van der Waals surface area contributed by atoms with E-state index in [4.69, 9.17) is 0 Å². The first kappa shape index (κ1) is 18.4. The first-order valence-corrected chi connectivity index (χ1v) is 8.72. The molecular weight excluding hydrogens is 324 g/mol. The van der Waals surface area contributed by atoms with Gasteiger partial charge in [0, 0.05) is 11.5 Å². The van der Waals surface area contributed by atoms with Crippen molar-refractivity contribution in [1.29, 1.82) is 0 Å². The number of carbonyl (C=O) groups is 1. The summed E-state index contributed by atoms with van der Waals surface area (Å²) in [6.07, 6.45) is -0.184. The maximum absolute atomic E-state index is 12.0. The van der Waals surface area contributed by atoms with Gasteiger partial charge in [0.05, 0.1) is 6.10 Å². The highest BCUT2D eigenvalue weighted by Gasteiger charge is 2.20. The quantitative estimate of drug-likeness (QED) is 0.772. The highest BCUT2D eigenvalue weighted by molar-refractivity contribution is 7.15. The van der Waals surface area contributed by atoms with Crippen molar-refractivity contribution in [3.8, 4) is 0 Å². The lowest BCUT2D eigenvalue weighted by Crippen LogP contribution is -2.37. The number of amides is 2. The van der Waals surface area contributed by atoms with Gasteiger partial charge in [0.15, 0.2) is 0 Å². The van der Waals surface area contributed by atoms with Gasteiger partial charge >= 0.3 is 6.03 Å². The van der Waals surface area contributed by atoms with Gasteiger partial charge in [-0.1, -0.05) is 62.4 Å². The molecule has 130 valence electrons. The average molecular weight is 348 g/mol. The normalized spacial score (nSPS) is 14.0. The molecule has 2 rings (SSSR count). The monoisotopic (exact) mass is 348 g/mol. The lowest BCUT2D eigenvalue weighted by atomic mass is 9.98. The van der Waals surface area contributed by atoms with Crippen molar-refractivity contribution in [1.82, 2.24) is 15.5 Å². The lowest BCUT2D eigenvalue weighted by molar-refractivity contribution is 0.155. The van der Waals surface area contributed by atoms with Crippen LogP contribution in [0.2, 0.25) is 0 Å². The van der Waals surface area contributed by atoms with Crippen LogP contribution >= 0.6 is 11.3 Å². The summed E-state index contributed by atoms with van der Waals surface area (Å²) in [4.78, 5) is 12.0. The first-order chi connectivity index (χ1) is 11.3. The van der Waals surface area contributed by atoms with Crippen LogP contribution in [0.4, 0.5) is 9.93 Å². The summed E-state index contributed by atoms with van der Waals surface area (Å²) in [5, 5.41) is 25.1. The van der Waals surface area contributed by atoms with Gasteiger partial charge < -0.3 is 10.4 Å². The maximum Gasteiger partial charge on any atom is 0.321 e. The van der Waals surface area contributed by atoms with Crippen molar-refractivity contribution in [2.75, 3.05) is 5.32 Å². The molecule has 2 unspecified atom stereocenters. The summed E-state index contributed by atoms with van der Waals surface area (Å²) in [6.45, 7) is 7.99. The zero-order valence-electron chi connectivity index (χ0n) is 14.4. The number of nitrogens with zero attached hydrogens (tertiary/aromatic N) is 2. The molecule has 1 aromatic carbocycles. The molecule has 2 aromatic rings. The summed E-state index contributed by atoms with van der Waals surface area (Å²) >= 11 is 1.36. The molecule has 0 radical (unpaired) electrons. The van der Waals surface area contributed by atoms with Crippen LogP contribution in [0.25, 0.3) is 0 Å². The van der Waals surface area contributed by atoms with Crippen molar-refractivity contribution in [2.45, 2.75) is 51.7 Å². The Balaban J connectivity index is 1.84. The van der Waals surface area contributed by atoms with E-state index in [9.17, 15) is 9.90 Å². The van der Waals surface area contributed by atoms with E-state index < -0.39 is 6.10 Å². The number of aromatic nitrogens is 2. The SMILES string of the molecule is CC(CC(O)c1ccccc1)NC(=O)Nc1nnc(C(C)(C)C)s1. The molecule has 1 heterocycles. The Hall–Kier alpha value is -1.99. The number of urea groups is 1. The van der Waals surface area contributed by atoms with Gasteiger partial charge in [-0.15, -0.1) is 10.2 Å². The number of hydrogen-bond donors (Lipinski definition) is 3. The second-order valence-corrected chi connectivity index (χ2v) is 7.80. The maximum atomic E-state index is 12.0. The minimum atomic E-state index is -0.615. The number of nitrogens with one attached hydrogen (secondary N) is 2. The number of rotatable bonds is 5. The molecule has 1 aromatic heterocycles. The van der Waals surface area contributed by atoms with Crippen molar-refractivity contribution < 1.29 is 9.90 Å². The highest BCUT2D eigenvalue weighted by Crippen LogP contribution is 2.27. The minimum Gasteiger partial charge on any atom is -0.388 e. The molecule has 24 heavy (non-hydrogen) atoms. The van der Waals surface area contributed by atoms with E-state index in [-0.39, 0.29) is 17.5 Å². The summed E-state index contributed by atoms with van der Waals surface area (Å²) in [5.41, 5.74) is 0.742. The number of aliphatic hydroxyl groups is 1. The third-order valence-electron chi connectivity index (χ3n) is 3.43. The van der Waals surface area contributed by atoms with Gasteiger partial charge in [0.2, 0.25) is 5.13 Å². The van der Waals surface area contributed by atoms with Gasteiger partial charge in [-0.2, -0.15) is 0 Å². The zero-order valence-corrected chi connectivity index (χ0v) is 15.2. The Morgan fingerprint density at radius 3 is 2.50 bits per heavy atom. The fourth-order valence-electron chi connectivity index (χ4n) is 2.14. The molecule has 0 aliphatic rings. The Labute approximate surface area is 146 Å². The van der Waals surface area contributed by atoms with Crippen LogP contribution in [0.3, 0.4) is 0 Å². The topological polar surface area (TPSA) is 87.1 Å². The Kier molecular flexibility index (Phi) is 5.90. The van der Waals surface area contributed by atoms with Crippen molar-refractivity contribution in [2.24, 2.45) is 0 Å². The smallest absolute Gasteiger partial charge is 0.321 e. The predicted octanol–water partition coefficient (Wildman–Crippen LogP) is 3.47. The Morgan fingerprint density at radius 1 is 1.25 bits per heavy atom. The molecule has 0 aliphatic heterocycles. The van der Waals surface area contributed by atoms with Gasteiger partial charge in [0.1, 0.15) is 5.01 Å². The van der Waals surface area contributed by atoms with Gasteiger partial charge in [-0.05, 0) is 18.9 Å². The molecule has 0 aliphatic carbocycles. The molecule has 0 saturated heterocycles. The molecule has 0 bridgehead atoms. The molecule has 0 saturated carbocycles. The summed E-state index contributed by atoms with van der Waals surface area (Å²) in [7, 11) is 0. The van der Waals surface area contributed by atoms with E-state index in [1.54, 1.807) is 0 Å². The Bertz CT molecular complexity index is 667. The van der Waals surface area contributed by atoms with E-state index in [1.165, 1.54) is 11.3 Å². The fourth-order valence-corrected chi connectivity index (χ4v) is 2.94. The second kappa shape index (κ2) is 7.72. The third-order valence-corrected chi connectivity index (χ3v) is 4.69.